The average Bonchev–Trinajstić information content (AvgIpc) is 3.23. The van der Waals surface area contributed by atoms with Crippen molar-refractivity contribution in [1.29, 1.82) is 0 Å². The van der Waals surface area contributed by atoms with Gasteiger partial charge in [-0.3, -0.25) is 4.98 Å². The van der Waals surface area contributed by atoms with Crippen LogP contribution in [-0.4, -0.2) is 41.2 Å². The van der Waals surface area contributed by atoms with Crippen molar-refractivity contribution in [3.8, 4) is 28.4 Å². The molecule has 1 N–H and O–H groups in total. The van der Waals surface area contributed by atoms with Gasteiger partial charge in [-0.15, -0.1) is 0 Å². The number of benzene rings is 1. The molecule has 0 spiro atoms. The minimum absolute atomic E-state index is 0.649. The summed E-state index contributed by atoms with van der Waals surface area (Å²) in [5, 5.41) is 11.4. The SMILES string of the molecule is COC1=CC=CN(c2cccc(-c3n[nH]nc3-c3ncccc3OC)c2)C1. The summed E-state index contributed by atoms with van der Waals surface area (Å²) < 4.78 is 10.8. The van der Waals surface area contributed by atoms with Crippen molar-refractivity contribution in [3.63, 3.8) is 0 Å². The minimum Gasteiger partial charge on any atom is -0.499 e. The van der Waals surface area contributed by atoms with Gasteiger partial charge in [0.25, 0.3) is 0 Å². The number of allylic oxidation sites excluding steroid dienone is 2. The van der Waals surface area contributed by atoms with Crippen LogP contribution in [0, 0.1) is 0 Å². The fraction of sp³-hybridized carbons (Fsp3) is 0.150. The maximum Gasteiger partial charge on any atom is 0.146 e. The predicted octanol–water partition coefficient (Wildman–Crippen LogP) is 3.41. The lowest BCUT2D eigenvalue weighted by Crippen LogP contribution is -2.21. The summed E-state index contributed by atoms with van der Waals surface area (Å²) in [7, 11) is 3.30. The zero-order valence-corrected chi connectivity index (χ0v) is 15.1. The molecule has 0 radical (unpaired) electrons. The summed E-state index contributed by atoms with van der Waals surface area (Å²) in [6, 6.07) is 11.8. The summed E-state index contributed by atoms with van der Waals surface area (Å²) in [4.78, 5) is 6.53. The van der Waals surface area contributed by atoms with E-state index in [2.05, 4.69) is 31.4 Å². The lowest BCUT2D eigenvalue weighted by atomic mass is 10.1. The van der Waals surface area contributed by atoms with Crippen molar-refractivity contribution in [2.45, 2.75) is 0 Å². The molecule has 3 aromatic rings. The van der Waals surface area contributed by atoms with Gasteiger partial charge in [0.15, 0.2) is 0 Å². The number of H-pyrrole nitrogens is 1. The number of aromatic nitrogens is 4. The normalized spacial score (nSPS) is 13.4. The molecule has 4 rings (SSSR count). The molecule has 3 heterocycles. The molecule has 7 heteroatoms. The molecule has 0 atom stereocenters. The van der Waals surface area contributed by atoms with Crippen molar-refractivity contribution >= 4 is 5.69 Å². The summed E-state index contributed by atoms with van der Waals surface area (Å²) in [6.07, 6.45) is 7.66. The highest BCUT2D eigenvalue weighted by Gasteiger charge is 2.18. The smallest absolute Gasteiger partial charge is 0.146 e. The molecule has 0 unspecified atom stereocenters. The standard InChI is InChI=1S/C20H19N5O2/c1-26-16-8-5-11-25(13-16)15-7-3-6-14(12-15)18-20(23-24-22-18)19-17(27-2)9-4-10-21-19/h3-12H,13H2,1-2H3,(H,22,23,24). The summed E-state index contributed by atoms with van der Waals surface area (Å²) in [5.41, 5.74) is 3.99. The lowest BCUT2D eigenvalue weighted by molar-refractivity contribution is 0.285. The second kappa shape index (κ2) is 7.33. The number of rotatable bonds is 5. The highest BCUT2D eigenvalue weighted by atomic mass is 16.5. The summed E-state index contributed by atoms with van der Waals surface area (Å²) >= 11 is 0. The fourth-order valence-corrected chi connectivity index (χ4v) is 3.00. The van der Waals surface area contributed by atoms with Gasteiger partial charge in [0.2, 0.25) is 0 Å². The molecule has 0 fully saturated rings. The van der Waals surface area contributed by atoms with Crippen LogP contribution in [0.25, 0.3) is 22.6 Å². The van der Waals surface area contributed by atoms with E-state index in [0.29, 0.717) is 23.7 Å². The van der Waals surface area contributed by atoms with Crippen molar-refractivity contribution < 1.29 is 9.47 Å². The molecule has 1 aromatic carbocycles. The van der Waals surface area contributed by atoms with Gasteiger partial charge in [0.05, 0.1) is 20.8 Å². The number of aromatic amines is 1. The zero-order chi connectivity index (χ0) is 18.6. The van der Waals surface area contributed by atoms with Gasteiger partial charge in [0.1, 0.15) is 28.6 Å². The zero-order valence-electron chi connectivity index (χ0n) is 15.1. The maximum absolute atomic E-state index is 5.42. The Labute approximate surface area is 157 Å². The van der Waals surface area contributed by atoms with Gasteiger partial charge in [0, 0.05) is 23.6 Å². The topological polar surface area (TPSA) is 76.2 Å². The largest absolute Gasteiger partial charge is 0.499 e. The number of ether oxygens (including phenoxy) is 2. The van der Waals surface area contributed by atoms with Gasteiger partial charge in [-0.1, -0.05) is 12.1 Å². The molecule has 0 saturated carbocycles. The van der Waals surface area contributed by atoms with Crippen molar-refractivity contribution in [2.75, 3.05) is 25.7 Å². The Kier molecular flexibility index (Phi) is 4.57. The number of hydrogen-bond acceptors (Lipinski definition) is 6. The molecule has 1 aliphatic rings. The third-order valence-corrected chi connectivity index (χ3v) is 4.35. The Morgan fingerprint density at radius 2 is 1.89 bits per heavy atom. The van der Waals surface area contributed by atoms with E-state index in [1.165, 1.54) is 0 Å². The number of pyridine rings is 1. The highest BCUT2D eigenvalue weighted by molar-refractivity contribution is 5.80. The summed E-state index contributed by atoms with van der Waals surface area (Å²) in [5.74, 6) is 1.56. The van der Waals surface area contributed by atoms with E-state index in [0.717, 1.165) is 22.7 Å². The predicted molar refractivity (Wildman–Crippen MR) is 103 cm³/mol. The van der Waals surface area contributed by atoms with E-state index in [-0.39, 0.29) is 0 Å². The van der Waals surface area contributed by atoms with E-state index in [1.54, 1.807) is 20.4 Å². The number of hydrogen-bond donors (Lipinski definition) is 1. The van der Waals surface area contributed by atoms with E-state index < -0.39 is 0 Å². The molecular weight excluding hydrogens is 342 g/mol. The van der Waals surface area contributed by atoms with Crippen LogP contribution in [0.1, 0.15) is 0 Å². The van der Waals surface area contributed by atoms with E-state index in [1.807, 2.05) is 48.7 Å². The maximum atomic E-state index is 5.42. The first-order chi connectivity index (χ1) is 13.3. The van der Waals surface area contributed by atoms with Gasteiger partial charge in [-0.2, -0.15) is 15.4 Å². The lowest BCUT2D eigenvalue weighted by Gasteiger charge is -2.24. The van der Waals surface area contributed by atoms with Gasteiger partial charge >= 0.3 is 0 Å². The summed E-state index contributed by atoms with van der Waals surface area (Å²) in [6.45, 7) is 0.677. The van der Waals surface area contributed by atoms with Crippen LogP contribution in [-0.2, 0) is 4.74 Å². The molecule has 2 aromatic heterocycles. The van der Waals surface area contributed by atoms with Crippen LogP contribution in [0.3, 0.4) is 0 Å². The molecule has 27 heavy (non-hydrogen) atoms. The number of methoxy groups -OCH3 is 2. The van der Waals surface area contributed by atoms with Crippen LogP contribution < -0.4 is 9.64 Å². The fourth-order valence-electron chi connectivity index (χ4n) is 3.00. The first-order valence-corrected chi connectivity index (χ1v) is 8.48. The molecule has 0 amide bonds. The highest BCUT2D eigenvalue weighted by Crippen LogP contribution is 2.34. The van der Waals surface area contributed by atoms with Crippen LogP contribution in [0.2, 0.25) is 0 Å². The van der Waals surface area contributed by atoms with Crippen molar-refractivity contribution in [3.05, 3.63) is 66.7 Å². The Bertz CT molecular complexity index is 1010. The van der Waals surface area contributed by atoms with Crippen LogP contribution in [0.5, 0.6) is 5.75 Å². The first kappa shape index (κ1) is 16.8. The van der Waals surface area contributed by atoms with Crippen LogP contribution in [0.15, 0.2) is 66.7 Å². The Morgan fingerprint density at radius 3 is 2.74 bits per heavy atom. The third-order valence-electron chi connectivity index (χ3n) is 4.35. The molecule has 0 bridgehead atoms. The molecule has 7 nitrogen and oxygen atoms in total. The number of nitrogens with one attached hydrogen (secondary N) is 1. The van der Waals surface area contributed by atoms with E-state index >= 15 is 0 Å². The molecule has 0 aliphatic carbocycles. The van der Waals surface area contributed by atoms with Crippen LogP contribution in [0.4, 0.5) is 5.69 Å². The third kappa shape index (κ3) is 3.27. The average molecular weight is 361 g/mol. The molecular formula is C20H19N5O2. The Hall–Kier alpha value is -3.61. The van der Waals surface area contributed by atoms with E-state index in [9.17, 15) is 0 Å². The van der Waals surface area contributed by atoms with Crippen molar-refractivity contribution in [1.82, 2.24) is 20.4 Å². The van der Waals surface area contributed by atoms with Gasteiger partial charge in [-0.05, 0) is 36.4 Å². The molecule has 0 saturated heterocycles. The second-order valence-electron chi connectivity index (χ2n) is 5.93. The first-order valence-electron chi connectivity index (χ1n) is 8.48. The van der Waals surface area contributed by atoms with Gasteiger partial charge in [-0.25, -0.2) is 0 Å². The molecule has 136 valence electrons. The Balaban J connectivity index is 1.71. The second-order valence-corrected chi connectivity index (χ2v) is 5.93. The number of nitrogens with zero attached hydrogens (tertiary/aromatic N) is 4. The monoisotopic (exact) mass is 361 g/mol. The number of anilines is 1. The van der Waals surface area contributed by atoms with Gasteiger partial charge < -0.3 is 14.4 Å². The van der Waals surface area contributed by atoms with E-state index in [4.69, 9.17) is 9.47 Å². The minimum atomic E-state index is 0.649. The Morgan fingerprint density at radius 1 is 1.00 bits per heavy atom. The van der Waals surface area contributed by atoms with Crippen molar-refractivity contribution in [2.24, 2.45) is 0 Å². The quantitative estimate of drug-likeness (QED) is 0.751. The molecule has 1 aliphatic heterocycles. The van der Waals surface area contributed by atoms with Crippen LogP contribution >= 0.6 is 0 Å².